The van der Waals surface area contributed by atoms with E-state index in [2.05, 4.69) is 17.2 Å². The number of carbonyl (C=O) groups is 1. The van der Waals surface area contributed by atoms with Gasteiger partial charge in [-0.05, 0) is 42.4 Å². The highest BCUT2D eigenvalue weighted by Crippen LogP contribution is 2.24. The minimum absolute atomic E-state index is 0.168. The number of thiocarbonyl (C=S) groups is 1. The van der Waals surface area contributed by atoms with Gasteiger partial charge in [-0.25, -0.2) is 0 Å². The molecule has 0 unspecified atom stereocenters. The van der Waals surface area contributed by atoms with Gasteiger partial charge in [0.1, 0.15) is 12.4 Å². The van der Waals surface area contributed by atoms with Crippen molar-refractivity contribution in [1.82, 2.24) is 5.32 Å². The first kappa shape index (κ1) is 17.7. The van der Waals surface area contributed by atoms with E-state index in [4.69, 9.17) is 17.0 Å². The van der Waals surface area contributed by atoms with Crippen molar-refractivity contribution >= 4 is 28.9 Å². The first-order valence-corrected chi connectivity index (χ1v) is 7.96. The summed E-state index contributed by atoms with van der Waals surface area (Å²) in [4.78, 5) is 12.0. The van der Waals surface area contributed by atoms with Crippen LogP contribution in [-0.2, 0) is 11.2 Å². The first-order chi connectivity index (χ1) is 11.5. The summed E-state index contributed by atoms with van der Waals surface area (Å²) < 4.78 is 5.67. The van der Waals surface area contributed by atoms with Gasteiger partial charge in [-0.2, -0.15) is 0 Å². The Kier molecular flexibility index (Phi) is 6.51. The fraction of sp³-hybridized carbons (Fsp3) is 0.158. The van der Waals surface area contributed by atoms with Crippen molar-refractivity contribution in [2.24, 2.45) is 0 Å². The van der Waals surface area contributed by atoms with Crippen LogP contribution in [0.4, 0.5) is 5.69 Å². The Labute approximate surface area is 147 Å². The third-order valence-electron chi connectivity index (χ3n) is 3.07. The van der Waals surface area contributed by atoms with E-state index in [0.29, 0.717) is 18.0 Å². The molecule has 0 saturated carbocycles. The van der Waals surface area contributed by atoms with Gasteiger partial charge in [0.2, 0.25) is 5.91 Å². The zero-order valence-corrected chi connectivity index (χ0v) is 14.4. The van der Waals surface area contributed by atoms with Crippen LogP contribution in [0.25, 0.3) is 0 Å². The Morgan fingerprint density at radius 1 is 1.12 bits per heavy atom. The molecule has 0 heterocycles. The summed E-state index contributed by atoms with van der Waals surface area (Å²) in [7, 11) is 0. The summed E-state index contributed by atoms with van der Waals surface area (Å²) >= 11 is 5.21. The maximum atomic E-state index is 12.0. The lowest BCUT2D eigenvalue weighted by molar-refractivity contribution is -0.119. The molecule has 5 heteroatoms. The summed E-state index contributed by atoms with van der Waals surface area (Å²) in [6.07, 6.45) is 0.274. The summed E-state index contributed by atoms with van der Waals surface area (Å²) in [5.41, 5.74) is 2.55. The van der Waals surface area contributed by atoms with Crippen molar-refractivity contribution in [3.8, 4) is 5.75 Å². The van der Waals surface area contributed by atoms with Crippen molar-refractivity contribution < 1.29 is 9.53 Å². The number of amides is 1. The van der Waals surface area contributed by atoms with Gasteiger partial charge in [0.05, 0.1) is 12.1 Å². The molecule has 2 aromatic carbocycles. The van der Waals surface area contributed by atoms with Crippen molar-refractivity contribution in [2.45, 2.75) is 13.3 Å². The monoisotopic (exact) mass is 340 g/mol. The number of carbonyl (C=O) groups excluding carboxylic acids is 1. The molecule has 0 bridgehead atoms. The van der Waals surface area contributed by atoms with Crippen LogP contribution >= 0.6 is 12.2 Å². The van der Waals surface area contributed by atoms with Crippen LogP contribution in [0.1, 0.15) is 12.5 Å². The van der Waals surface area contributed by atoms with Gasteiger partial charge in [0.15, 0.2) is 5.11 Å². The standard InChI is InChI=1S/C19H20N2O2S/c1-14(2)13-23-17-11-7-6-10-16(17)20-19(24)21-18(22)12-15-8-4-3-5-9-15/h3-11H,1,12-13H2,2H3,(H2,20,21,22,24). The third kappa shape index (κ3) is 5.85. The van der Waals surface area contributed by atoms with Crippen LogP contribution in [0.15, 0.2) is 66.7 Å². The fourth-order valence-electron chi connectivity index (χ4n) is 2.00. The lowest BCUT2D eigenvalue weighted by Gasteiger charge is -2.14. The Morgan fingerprint density at radius 2 is 1.79 bits per heavy atom. The van der Waals surface area contributed by atoms with E-state index in [0.717, 1.165) is 11.1 Å². The molecule has 4 nitrogen and oxygen atoms in total. The SMILES string of the molecule is C=C(C)COc1ccccc1NC(=S)NC(=O)Cc1ccccc1. The second-order valence-corrected chi connectivity index (χ2v) is 5.81. The molecule has 1 amide bonds. The predicted octanol–water partition coefficient (Wildman–Crippen LogP) is 3.70. The molecular formula is C19H20N2O2S. The molecular weight excluding hydrogens is 320 g/mol. The molecule has 0 aliphatic heterocycles. The largest absolute Gasteiger partial charge is 0.487 e. The van der Waals surface area contributed by atoms with Gasteiger partial charge in [-0.15, -0.1) is 0 Å². The summed E-state index contributed by atoms with van der Waals surface area (Å²) in [5, 5.41) is 5.91. The molecule has 0 atom stereocenters. The number of hydrogen-bond donors (Lipinski definition) is 2. The van der Waals surface area contributed by atoms with Crippen LogP contribution < -0.4 is 15.4 Å². The molecule has 0 aromatic heterocycles. The molecule has 0 fully saturated rings. The molecule has 0 aliphatic carbocycles. The topological polar surface area (TPSA) is 50.4 Å². The van der Waals surface area contributed by atoms with E-state index in [-0.39, 0.29) is 17.4 Å². The molecule has 0 radical (unpaired) electrons. The van der Waals surface area contributed by atoms with Gasteiger partial charge in [0, 0.05) is 0 Å². The lowest BCUT2D eigenvalue weighted by Crippen LogP contribution is -2.35. The minimum Gasteiger partial charge on any atom is -0.487 e. The van der Waals surface area contributed by atoms with Crippen molar-refractivity contribution in [3.63, 3.8) is 0 Å². The first-order valence-electron chi connectivity index (χ1n) is 7.55. The molecule has 0 spiro atoms. The number of para-hydroxylation sites is 2. The van der Waals surface area contributed by atoms with Crippen LogP contribution in [-0.4, -0.2) is 17.6 Å². The molecule has 2 rings (SSSR count). The maximum absolute atomic E-state index is 12.0. The minimum atomic E-state index is -0.168. The summed E-state index contributed by atoms with van der Waals surface area (Å²) in [6.45, 7) is 6.13. The second-order valence-electron chi connectivity index (χ2n) is 5.41. The molecule has 24 heavy (non-hydrogen) atoms. The summed E-state index contributed by atoms with van der Waals surface area (Å²) in [5.74, 6) is 0.485. The maximum Gasteiger partial charge on any atom is 0.230 e. The van der Waals surface area contributed by atoms with Gasteiger partial charge < -0.3 is 15.4 Å². The molecule has 2 aromatic rings. The van der Waals surface area contributed by atoms with Gasteiger partial charge in [0.25, 0.3) is 0 Å². The van der Waals surface area contributed by atoms with E-state index in [1.54, 1.807) is 0 Å². The summed E-state index contributed by atoms with van der Waals surface area (Å²) in [6, 6.07) is 16.9. The number of benzene rings is 2. The van der Waals surface area contributed by atoms with E-state index < -0.39 is 0 Å². The molecule has 0 saturated heterocycles. The lowest BCUT2D eigenvalue weighted by atomic mass is 10.1. The average molecular weight is 340 g/mol. The highest BCUT2D eigenvalue weighted by atomic mass is 32.1. The third-order valence-corrected chi connectivity index (χ3v) is 3.27. The fourth-order valence-corrected chi connectivity index (χ4v) is 2.23. The number of anilines is 1. The van der Waals surface area contributed by atoms with E-state index in [9.17, 15) is 4.79 Å². The molecule has 0 aliphatic rings. The Balaban J connectivity index is 1.92. The number of nitrogens with one attached hydrogen (secondary N) is 2. The van der Waals surface area contributed by atoms with Gasteiger partial charge >= 0.3 is 0 Å². The van der Waals surface area contributed by atoms with Crippen LogP contribution in [0.5, 0.6) is 5.75 Å². The van der Waals surface area contributed by atoms with Gasteiger partial charge in [-0.3, -0.25) is 4.79 Å². The number of hydrogen-bond acceptors (Lipinski definition) is 3. The number of ether oxygens (including phenoxy) is 1. The normalized spacial score (nSPS) is 9.88. The average Bonchev–Trinajstić information content (AvgIpc) is 2.54. The van der Waals surface area contributed by atoms with E-state index >= 15 is 0 Å². The predicted molar refractivity (Wildman–Crippen MR) is 101 cm³/mol. The molecule has 124 valence electrons. The van der Waals surface area contributed by atoms with Crippen LogP contribution in [0, 0.1) is 0 Å². The zero-order valence-electron chi connectivity index (χ0n) is 13.5. The van der Waals surface area contributed by atoms with Crippen molar-refractivity contribution in [1.29, 1.82) is 0 Å². The Hall–Kier alpha value is -2.66. The highest BCUT2D eigenvalue weighted by molar-refractivity contribution is 7.80. The number of rotatable bonds is 6. The van der Waals surface area contributed by atoms with E-state index in [1.165, 1.54) is 0 Å². The van der Waals surface area contributed by atoms with Crippen molar-refractivity contribution in [2.75, 3.05) is 11.9 Å². The quantitative estimate of drug-likeness (QED) is 0.622. The van der Waals surface area contributed by atoms with Crippen LogP contribution in [0.3, 0.4) is 0 Å². The smallest absolute Gasteiger partial charge is 0.230 e. The van der Waals surface area contributed by atoms with Crippen molar-refractivity contribution in [3.05, 3.63) is 72.3 Å². The Morgan fingerprint density at radius 3 is 2.50 bits per heavy atom. The second kappa shape index (κ2) is 8.84. The van der Waals surface area contributed by atoms with Gasteiger partial charge in [-0.1, -0.05) is 49.0 Å². The van der Waals surface area contributed by atoms with E-state index in [1.807, 2.05) is 61.5 Å². The Bertz CT molecular complexity index is 729. The highest BCUT2D eigenvalue weighted by Gasteiger charge is 2.09. The zero-order chi connectivity index (χ0) is 17.4. The molecule has 2 N–H and O–H groups in total. The van der Waals surface area contributed by atoms with Crippen LogP contribution in [0.2, 0.25) is 0 Å².